The Balaban J connectivity index is 0.00000364. The summed E-state index contributed by atoms with van der Waals surface area (Å²) in [6, 6.07) is 0. The molecule has 2 unspecified atom stereocenters. The Morgan fingerprint density at radius 3 is 2.11 bits per heavy atom. The van der Waals surface area contributed by atoms with Gasteiger partial charge in [0.2, 0.25) is 0 Å². The Morgan fingerprint density at radius 1 is 1.15 bits per heavy atom. The molecule has 0 aromatic carbocycles. The quantitative estimate of drug-likeness (QED) is 0.542. The number of methoxy groups -OCH3 is 2. The Bertz CT molecular complexity index is 603. The smallest absolute Gasteiger partial charge is 0.860 e. The number of allylic oxidation sites excluding steroid dienone is 3. The first-order chi connectivity index (χ1) is 12.1. The van der Waals surface area contributed by atoms with E-state index in [-0.39, 0.29) is 41.7 Å². The zero-order valence-corrected chi connectivity index (χ0v) is 18.8. The molecule has 2 atom stereocenters. The average Bonchev–Trinajstić information content (AvgIpc) is 2.57. The normalized spacial score (nSPS) is 27.0. The second-order valence-corrected chi connectivity index (χ2v) is 8.93. The van der Waals surface area contributed by atoms with Crippen molar-refractivity contribution >= 4 is 0 Å². The minimum Gasteiger partial charge on any atom is -0.860 e. The van der Waals surface area contributed by atoms with E-state index in [1.807, 2.05) is 6.08 Å². The van der Waals surface area contributed by atoms with Crippen LogP contribution < -0.4 is 24.0 Å². The number of hydrogen-bond acceptors (Lipinski definition) is 4. The molecule has 0 aromatic rings. The molecule has 0 aromatic heterocycles. The molecule has 1 aliphatic carbocycles. The minimum absolute atomic E-state index is 0. The van der Waals surface area contributed by atoms with Gasteiger partial charge in [-0.1, -0.05) is 20.3 Å². The Hall–Kier alpha value is -0.983. The molecule has 1 saturated heterocycles. The maximum Gasteiger partial charge on any atom is 1.00 e. The first-order valence-corrected chi connectivity index (χ1v) is 9.82. The number of piperidine rings is 1. The van der Waals surface area contributed by atoms with E-state index in [0.29, 0.717) is 17.4 Å². The van der Waals surface area contributed by atoms with Crippen LogP contribution in [0.2, 0.25) is 0 Å². The van der Waals surface area contributed by atoms with Crippen LogP contribution in [0.15, 0.2) is 35.1 Å². The van der Waals surface area contributed by atoms with Gasteiger partial charge in [0.25, 0.3) is 0 Å². The summed E-state index contributed by atoms with van der Waals surface area (Å²) in [5.41, 5.74) is 0.510. The van der Waals surface area contributed by atoms with Crippen molar-refractivity contribution in [3.63, 3.8) is 0 Å². The summed E-state index contributed by atoms with van der Waals surface area (Å²) in [6.07, 6.45) is 8.18. The van der Waals surface area contributed by atoms with Gasteiger partial charge in [0.1, 0.15) is 0 Å². The van der Waals surface area contributed by atoms with E-state index in [2.05, 4.69) is 52.5 Å². The molecule has 2 rings (SSSR count). The van der Waals surface area contributed by atoms with Crippen molar-refractivity contribution < 1.29 is 33.4 Å². The number of ether oxygens (including phenoxy) is 2. The second kappa shape index (κ2) is 9.01. The minimum atomic E-state index is -0.155. The summed E-state index contributed by atoms with van der Waals surface area (Å²) in [4.78, 5) is 2.11. The standard InChI is InChI=1S/C22H37NO3.Li/c1-9-15(2)16-13-18(25-7)19(26-8)14-17(16)20(24)23-21(3,4)11-10-12-22(23,5)6;/h13-16,24H,9-12H2,1-8H3;/q;+1/p-1/b20-17-;. The molecule has 1 aliphatic heterocycles. The molecule has 27 heavy (non-hydrogen) atoms. The molecule has 0 N–H and O–H groups in total. The molecular weight excluding hydrogens is 333 g/mol. The van der Waals surface area contributed by atoms with Gasteiger partial charge >= 0.3 is 18.9 Å². The molecular formula is C22H36LiNO3. The Labute approximate surface area is 177 Å². The van der Waals surface area contributed by atoms with Crippen LogP contribution in [0.5, 0.6) is 0 Å². The molecule has 1 fully saturated rings. The van der Waals surface area contributed by atoms with Crippen LogP contribution in [-0.2, 0) is 9.47 Å². The van der Waals surface area contributed by atoms with Gasteiger partial charge in [0, 0.05) is 17.0 Å². The summed E-state index contributed by atoms with van der Waals surface area (Å²) in [5.74, 6) is 1.86. The van der Waals surface area contributed by atoms with Crippen LogP contribution in [0.3, 0.4) is 0 Å². The van der Waals surface area contributed by atoms with E-state index in [1.54, 1.807) is 14.2 Å². The second-order valence-electron chi connectivity index (χ2n) is 8.93. The summed E-state index contributed by atoms with van der Waals surface area (Å²) < 4.78 is 11.0. The van der Waals surface area contributed by atoms with Crippen LogP contribution in [0.25, 0.3) is 0 Å². The van der Waals surface area contributed by atoms with E-state index < -0.39 is 0 Å². The first-order valence-electron chi connectivity index (χ1n) is 9.82. The maximum atomic E-state index is 13.8. The zero-order chi connectivity index (χ0) is 19.7. The van der Waals surface area contributed by atoms with Crippen LogP contribution >= 0.6 is 0 Å². The Kier molecular flexibility index (Phi) is 8.03. The van der Waals surface area contributed by atoms with Crippen LogP contribution in [-0.4, -0.2) is 30.2 Å². The molecule has 0 saturated carbocycles. The fourth-order valence-electron chi connectivity index (χ4n) is 4.58. The third kappa shape index (κ3) is 4.72. The number of nitrogens with zero attached hydrogens (tertiary/aromatic N) is 1. The number of likely N-dealkylation sites (tertiary alicyclic amines) is 1. The third-order valence-corrected chi connectivity index (χ3v) is 6.15. The molecule has 0 bridgehead atoms. The van der Waals surface area contributed by atoms with Crippen molar-refractivity contribution in [3.8, 4) is 0 Å². The molecule has 1 heterocycles. The molecule has 148 valence electrons. The van der Waals surface area contributed by atoms with Crippen molar-refractivity contribution in [1.82, 2.24) is 4.90 Å². The van der Waals surface area contributed by atoms with Gasteiger partial charge in [-0.3, -0.25) is 0 Å². The molecule has 0 spiro atoms. The van der Waals surface area contributed by atoms with Crippen molar-refractivity contribution in [2.24, 2.45) is 11.8 Å². The van der Waals surface area contributed by atoms with E-state index in [1.165, 1.54) is 0 Å². The molecule has 5 heteroatoms. The zero-order valence-electron chi connectivity index (χ0n) is 18.8. The SMILES string of the molecule is CCC(C)C1C=C(OC)C(OC)=C/C1=C(/[O-])N1C(C)(C)CCCC1(C)C.[Li+]. The van der Waals surface area contributed by atoms with Crippen molar-refractivity contribution in [2.75, 3.05) is 14.2 Å². The predicted molar refractivity (Wildman–Crippen MR) is 104 cm³/mol. The monoisotopic (exact) mass is 369 g/mol. The topological polar surface area (TPSA) is 44.8 Å². The summed E-state index contributed by atoms with van der Waals surface area (Å²) in [6.45, 7) is 13.1. The predicted octanol–water partition coefficient (Wildman–Crippen LogP) is 1.34. The van der Waals surface area contributed by atoms with Crippen molar-refractivity contribution in [3.05, 3.63) is 35.1 Å². The van der Waals surface area contributed by atoms with E-state index >= 15 is 0 Å². The fraction of sp³-hybridized carbons (Fsp3) is 0.727. The number of hydrogen-bond donors (Lipinski definition) is 0. The van der Waals surface area contributed by atoms with Gasteiger partial charge in [0.05, 0.1) is 14.2 Å². The molecule has 2 aliphatic rings. The van der Waals surface area contributed by atoms with Gasteiger partial charge in [-0.15, -0.1) is 0 Å². The van der Waals surface area contributed by atoms with E-state index in [0.717, 1.165) is 31.3 Å². The Morgan fingerprint density at radius 2 is 1.67 bits per heavy atom. The van der Waals surface area contributed by atoms with E-state index in [9.17, 15) is 5.11 Å². The first kappa shape index (κ1) is 24.1. The summed E-state index contributed by atoms with van der Waals surface area (Å²) in [7, 11) is 3.27. The molecule has 0 radical (unpaired) electrons. The van der Waals surface area contributed by atoms with Gasteiger partial charge < -0.3 is 19.5 Å². The average molecular weight is 369 g/mol. The largest absolute Gasteiger partial charge is 1.00 e. The maximum absolute atomic E-state index is 13.8. The van der Waals surface area contributed by atoms with Crippen LogP contribution in [0, 0.1) is 11.8 Å². The van der Waals surface area contributed by atoms with Crippen LogP contribution in [0.1, 0.15) is 67.2 Å². The van der Waals surface area contributed by atoms with Gasteiger partial charge in [-0.2, -0.15) is 0 Å². The molecule has 0 amide bonds. The van der Waals surface area contributed by atoms with Gasteiger partial charge in [0.15, 0.2) is 11.5 Å². The number of rotatable bonds is 5. The fourth-order valence-corrected chi connectivity index (χ4v) is 4.58. The molecule has 4 nitrogen and oxygen atoms in total. The van der Waals surface area contributed by atoms with Crippen molar-refractivity contribution in [1.29, 1.82) is 0 Å². The van der Waals surface area contributed by atoms with Crippen molar-refractivity contribution in [2.45, 2.75) is 78.3 Å². The van der Waals surface area contributed by atoms with Gasteiger partial charge in [-0.25, -0.2) is 0 Å². The summed E-state index contributed by atoms with van der Waals surface area (Å²) in [5, 5.41) is 13.8. The summed E-state index contributed by atoms with van der Waals surface area (Å²) >= 11 is 0. The third-order valence-electron chi connectivity index (χ3n) is 6.15. The van der Waals surface area contributed by atoms with Crippen LogP contribution in [0.4, 0.5) is 0 Å². The van der Waals surface area contributed by atoms with Gasteiger partial charge in [-0.05, 0) is 76.5 Å². The van der Waals surface area contributed by atoms with E-state index in [4.69, 9.17) is 9.47 Å².